The van der Waals surface area contributed by atoms with Crippen LogP contribution in [0.1, 0.15) is 58.2 Å². The maximum atomic E-state index is 9.91. The van der Waals surface area contributed by atoms with Crippen LogP contribution < -0.4 is 15.9 Å². The minimum absolute atomic E-state index is 0.843. The van der Waals surface area contributed by atoms with Gasteiger partial charge in [0.25, 0.3) is 0 Å². The van der Waals surface area contributed by atoms with Gasteiger partial charge in [0.1, 0.15) is 16.8 Å². The first-order chi connectivity index (χ1) is 17.2. The Labute approximate surface area is 222 Å². The van der Waals surface area contributed by atoms with Crippen LogP contribution in [0.4, 0.5) is 0 Å². The van der Waals surface area contributed by atoms with Crippen LogP contribution in [0.3, 0.4) is 0 Å². The molecule has 0 radical (unpaired) electrons. The third-order valence-corrected chi connectivity index (χ3v) is 7.36. The molecule has 0 atom stereocenters. The molecule has 0 aliphatic rings. The molecule has 0 saturated heterocycles. The SMILES string of the molecule is CC(C)(O)C#Cc1ccc(P(c2ccc(C#CC(C)(C)O)cc2)c2ccc(C#CC(C)(C)O)cc2)cc1. The first-order valence-corrected chi connectivity index (χ1v) is 13.4. The molecular formula is C33H33O3P. The third kappa shape index (κ3) is 9.56. The first-order valence-electron chi connectivity index (χ1n) is 12.1. The van der Waals surface area contributed by atoms with Crippen molar-refractivity contribution >= 4 is 23.8 Å². The lowest BCUT2D eigenvalue weighted by Gasteiger charge is -2.20. The largest absolute Gasteiger partial charge is 0.378 e. The average Bonchev–Trinajstić information content (AvgIpc) is 2.81. The normalized spacial score (nSPS) is 11.5. The van der Waals surface area contributed by atoms with E-state index in [9.17, 15) is 15.3 Å². The lowest BCUT2D eigenvalue weighted by molar-refractivity contribution is 0.143. The summed E-state index contributed by atoms with van der Waals surface area (Å²) in [6.45, 7) is 9.99. The molecule has 0 aromatic heterocycles. The molecule has 188 valence electrons. The zero-order valence-corrected chi connectivity index (χ0v) is 23.1. The van der Waals surface area contributed by atoms with E-state index < -0.39 is 24.7 Å². The van der Waals surface area contributed by atoms with E-state index in [4.69, 9.17) is 0 Å². The lowest BCUT2D eigenvalue weighted by atomic mass is 10.1. The molecule has 3 N–H and O–H groups in total. The fourth-order valence-corrected chi connectivity index (χ4v) is 5.44. The number of hydrogen-bond acceptors (Lipinski definition) is 3. The van der Waals surface area contributed by atoms with Crippen molar-refractivity contribution in [3.63, 3.8) is 0 Å². The van der Waals surface area contributed by atoms with Crippen LogP contribution in [0.15, 0.2) is 72.8 Å². The molecule has 0 fully saturated rings. The van der Waals surface area contributed by atoms with Gasteiger partial charge in [-0.05, 0) is 102 Å². The van der Waals surface area contributed by atoms with E-state index in [2.05, 4.69) is 71.9 Å². The lowest BCUT2D eigenvalue weighted by Crippen LogP contribution is -2.21. The van der Waals surface area contributed by atoms with Crippen LogP contribution in [0.5, 0.6) is 0 Å². The molecule has 0 unspecified atom stereocenters. The minimum Gasteiger partial charge on any atom is -0.378 e. The number of aliphatic hydroxyl groups is 3. The van der Waals surface area contributed by atoms with Gasteiger partial charge in [0.2, 0.25) is 0 Å². The third-order valence-electron chi connectivity index (χ3n) is 4.91. The van der Waals surface area contributed by atoms with Crippen molar-refractivity contribution in [2.24, 2.45) is 0 Å². The van der Waals surface area contributed by atoms with Crippen LogP contribution in [-0.2, 0) is 0 Å². The highest BCUT2D eigenvalue weighted by molar-refractivity contribution is 7.79. The molecule has 0 heterocycles. The second kappa shape index (κ2) is 11.4. The van der Waals surface area contributed by atoms with Gasteiger partial charge < -0.3 is 15.3 Å². The number of benzene rings is 3. The quantitative estimate of drug-likeness (QED) is 0.373. The van der Waals surface area contributed by atoms with Gasteiger partial charge in [-0.25, -0.2) is 0 Å². The van der Waals surface area contributed by atoms with Crippen molar-refractivity contribution in [1.82, 2.24) is 0 Å². The molecule has 0 amide bonds. The zero-order chi connectivity index (χ0) is 27.3. The average molecular weight is 509 g/mol. The Hall–Kier alpha value is -3.35. The van der Waals surface area contributed by atoms with Gasteiger partial charge in [-0.15, -0.1) is 0 Å². The van der Waals surface area contributed by atoms with Crippen molar-refractivity contribution < 1.29 is 15.3 Å². The molecule has 0 bridgehead atoms. The van der Waals surface area contributed by atoms with E-state index >= 15 is 0 Å². The summed E-state index contributed by atoms with van der Waals surface area (Å²) >= 11 is 0. The Morgan fingerprint density at radius 3 is 0.838 bits per heavy atom. The molecule has 0 spiro atoms. The van der Waals surface area contributed by atoms with Crippen molar-refractivity contribution in [3.05, 3.63) is 89.5 Å². The maximum absolute atomic E-state index is 9.91. The molecule has 3 aromatic rings. The second-order valence-corrected chi connectivity index (χ2v) is 12.6. The molecule has 0 saturated carbocycles. The number of hydrogen-bond donors (Lipinski definition) is 3. The predicted octanol–water partition coefficient (Wildman–Crippen LogP) is 3.81. The summed E-state index contributed by atoms with van der Waals surface area (Å²) in [5.41, 5.74) is -0.605. The number of rotatable bonds is 3. The van der Waals surface area contributed by atoms with Gasteiger partial charge in [0, 0.05) is 16.7 Å². The van der Waals surface area contributed by atoms with Crippen LogP contribution >= 0.6 is 7.92 Å². The maximum Gasteiger partial charge on any atom is 0.120 e. The van der Waals surface area contributed by atoms with Crippen LogP contribution in [0, 0.1) is 35.5 Å². The van der Waals surface area contributed by atoms with Crippen molar-refractivity contribution in [2.75, 3.05) is 0 Å². The monoisotopic (exact) mass is 508 g/mol. The van der Waals surface area contributed by atoms with Crippen LogP contribution in [0.2, 0.25) is 0 Å². The minimum atomic E-state index is -1.04. The van der Waals surface area contributed by atoms with Gasteiger partial charge in [0.15, 0.2) is 0 Å². The molecule has 3 rings (SSSR count). The van der Waals surface area contributed by atoms with Crippen LogP contribution in [0.25, 0.3) is 0 Å². The highest BCUT2D eigenvalue weighted by Crippen LogP contribution is 2.33. The predicted molar refractivity (Wildman–Crippen MR) is 155 cm³/mol. The summed E-state index contributed by atoms with van der Waals surface area (Å²) in [6, 6.07) is 24.4. The van der Waals surface area contributed by atoms with E-state index in [1.807, 2.05) is 36.4 Å². The highest BCUT2D eigenvalue weighted by atomic mass is 31.1. The molecule has 0 aliphatic heterocycles. The van der Waals surface area contributed by atoms with Gasteiger partial charge in [-0.1, -0.05) is 71.9 Å². The summed E-state index contributed by atoms with van der Waals surface area (Å²) in [4.78, 5) is 0. The molecule has 3 nitrogen and oxygen atoms in total. The Morgan fingerprint density at radius 1 is 0.432 bits per heavy atom. The van der Waals surface area contributed by atoms with E-state index in [-0.39, 0.29) is 0 Å². The van der Waals surface area contributed by atoms with E-state index in [1.165, 1.54) is 0 Å². The fourth-order valence-electron chi connectivity index (χ4n) is 3.20. The summed E-state index contributed by atoms with van der Waals surface area (Å²) < 4.78 is 0. The molecular weight excluding hydrogens is 475 g/mol. The van der Waals surface area contributed by atoms with Crippen LogP contribution in [-0.4, -0.2) is 32.1 Å². The molecule has 37 heavy (non-hydrogen) atoms. The summed E-state index contributed by atoms with van der Waals surface area (Å²) in [6.07, 6.45) is 0. The Kier molecular flexibility index (Phi) is 8.67. The van der Waals surface area contributed by atoms with Crippen molar-refractivity contribution in [3.8, 4) is 35.5 Å². The topological polar surface area (TPSA) is 60.7 Å². The van der Waals surface area contributed by atoms with Crippen molar-refractivity contribution in [1.29, 1.82) is 0 Å². The molecule has 4 heteroatoms. The standard InChI is InChI=1S/C33H33O3P/c1-31(2,34)22-19-25-7-13-28(14-8-25)37(29-15-9-26(10-16-29)20-23-32(3,4)35)30-17-11-27(12-18-30)21-24-33(5,6)36/h7-18,34-36H,1-6H3. The van der Waals surface area contributed by atoms with E-state index in [0.717, 1.165) is 32.6 Å². The van der Waals surface area contributed by atoms with Gasteiger partial charge in [-0.3, -0.25) is 0 Å². The second-order valence-electron chi connectivity index (χ2n) is 10.4. The first kappa shape index (κ1) is 28.2. The summed E-state index contributed by atoms with van der Waals surface area (Å²) in [7, 11) is -0.871. The molecule has 3 aromatic carbocycles. The Bertz CT molecular complexity index is 1220. The van der Waals surface area contributed by atoms with Gasteiger partial charge in [0.05, 0.1) is 0 Å². The fraction of sp³-hybridized carbons (Fsp3) is 0.273. The zero-order valence-electron chi connectivity index (χ0n) is 22.2. The Balaban J connectivity index is 2.01. The van der Waals surface area contributed by atoms with Gasteiger partial charge >= 0.3 is 0 Å². The Morgan fingerprint density at radius 2 is 0.649 bits per heavy atom. The highest BCUT2D eigenvalue weighted by Gasteiger charge is 2.17. The smallest absolute Gasteiger partial charge is 0.120 e. The molecule has 0 aliphatic carbocycles. The summed E-state index contributed by atoms with van der Waals surface area (Å²) in [5, 5.41) is 33.2. The van der Waals surface area contributed by atoms with Crippen molar-refractivity contribution in [2.45, 2.75) is 58.3 Å². The van der Waals surface area contributed by atoms with Gasteiger partial charge in [-0.2, -0.15) is 0 Å². The van der Waals surface area contributed by atoms with E-state index in [0.29, 0.717) is 0 Å². The van der Waals surface area contributed by atoms with E-state index in [1.54, 1.807) is 41.5 Å². The summed E-state index contributed by atoms with van der Waals surface area (Å²) in [5.74, 6) is 17.7.